The molecule has 0 aliphatic heterocycles. The number of benzene rings is 1. The fourth-order valence-corrected chi connectivity index (χ4v) is 2.91. The Bertz CT molecular complexity index is 375. The second-order valence-electron chi connectivity index (χ2n) is 5.13. The van der Waals surface area contributed by atoms with Gasteiger partial charge >= 0.3 is 0 Å². The SMILES string of the molecule is COc1ccc(C2CCCCCC2N)c(C)c1. The molecule has 1 aliphatic carbocycles. The Kier molecular flexibility index (Phi) is 4.06. The van der Waals surface area contributed by atoms with Gasteiger partial charge in [-0.05, 0) is 48.9 Å². The molecule has 2 atom stereocenters. The number of hydrogen-bond donors (Lipinski definition) is 1. The van der Waals surface area contributed by atoms with Gasteiger partial charge in [-0.1, -0.05) is 25.3 Å². The van der Waals surface area contributed by atoms with E-state index in [1.807, 2.05) is 0 Å². The van der Waals surface area contributed by atoms with E-state index < -0.39 is 0 Å². The molecule has 0 bridgehead atoms. The number of nitrogens with two attached hydrogens (primary N) is 1. The van der Waals surface area contributed by atoms with Crippen LogP contribution in [0.15, 0.2) is 18.2 Å². The van der Waals surface area contributed by atoms with Crippen LogP contribution in [0.25, 0.3) is 0 Å². The molecule has 2 nitrogen and oxygen atoms in total. The molecule has 1 aromatic carbocycles. The van der Waals surface area contributed by atoms with Gasteiger partial charge in [0.15, 0.2) is 0 Å². The van der Waals surface area contributed by atoms with Crippen molar-refractivity contribution in [2.24, 2.45) is 5.73 Å². The molecular formula is C15H23NO. The fourth-order valence-electron chi connectivity index (χ4n) is 2.91. The summed E-state index contributed by atoms with van der Waals surface area (Å²) < 4.78 is 5.26. The van der Waals surface area contributed by atoms with Gasteiger partial charge in [-0.25, -0.2) is 0 Å². The Morgan fingerprint density at radius 1 is 1.18 bits per heavy atom. The predicted molar refractivity (Wildman–Crippen MR) is 71.5 cm³/mol. The largest absolute Gasteiger partial charge is 0.497 e. The van der Waals surface area contributed by atoms with E-state index in [1.54, 1.807) is 7.11 Å². The third-order valence-electron chi connectivity index (χ3n) is 3.95. The molecule has 0 amide bonds. The topological polar surface area (TPSA) is 35.2 Å². The van der Waals surface area contributed by atoms with Crippen LogP contribution < -0.4 is 10.5 Å². The lowest BCUT2D eigenvalue weighted by Gasteiger charge is -2.23. The van der Waals surface area contributed by atoms with Crippen LogP contribution in [0.3, 0.4) is 0 Å². The van der Waals surface area contributed by atoms with Crippen LogP contribution in [0.1, 0.15) is 49.1 Å². The van der Waals surface area contributed by atoms with Crippen LogP contribution in [-0.2, 0) is 0 Å². The van der Waals surface area contributed by atoms with Crippen molar-refractivity contribution in [1.29, 1.82) is 0 Å². The molecular weight excluding hydrogens is 210 g/mol. The van der Waals surface area contributed by atoms with Crippen molar-refractivity contribution in [3.05, 3.63) is 29.3 Å². The van der Waals surface area contributed by atoms with Crippen molar-refractivity contribution >= 4 is 0 Å². The molecule has 1 saturated carbocycles. The van der Waals surface area contributed by atoms with Crippen molar-refractivity contribution in [3.63, 3.8) is 0 Å². The van der Waals surface area contributed by atoms with E-state index in [2.05, 4.69) is 25.1 Å². The summed E-state index contributed by atoms with van der Waals surface area (Å²) in [5, 5.41) is 0. The Morgan fingerprint density at radius 3 is 2.65 bits per heavy atom. The molecule has 2 rings (SSSR count). The molecule has 1 aliphatic rings. The minimum absolute atomic E-state index is 0.324. The van der Waals surface area contributed by atoms with Crippen LogP contribution >= 0.6 is 0 Å². The molecule has 1 fully saturated rings. The van der Waals surface area contributed by atoms with Crippen LogP contribution in [0, 0.1) is 6.92 Å². The van der Waals surface area contributed by atoms with E-state index in [9.17, 15) is 0 Å². The van der Waals surface area contributed by atoms with Crippen LogP contribution in [0.4, 0.5) is 0 Å². The zero-order chi connectivity index (χ0) is 12.3. The number of rotatable bonds is 2. The monoisotopic (exact) mass is 233 g/mol. The smallest absolute Gasteiger partial charge is 0.119 e. The third-order valence-corrected chi connectivity index (χ3v) is 3.95. The Hall–Kier alpha value is -1.02. The lowest BCUT2D eigenvalue weighted by molar-refractivity contribution is 0.413. The summed E-state index contributed by atoms with van der Waals surface area (Å²) in [7, 11) is 1.71. The Labute approximate surface area is 104 Å². The van der Waals surface area contributed by atoms with Gasteiger partial charge in [0.1, 0.15) is 5.75 Å². The Balaban J connectivity index is 2.25. The summed E-state index contributed by atoms with van der Waals surface area (Å²) in [5.74, 6) is 1.47. The number of aryl methyl sites for hydroxylation is 1. The number of hydrogen-bond acceptors (Lipinski definition) is 2. The average Bonchev–Trinajstić information content (AvgIpc) is 2.54. The first-order valence-corrected chi connectivity index (χ1v) is 6.62. The van der Waals surface area contributed by atoms with Crippen molar-refractivity contribution in [3.8, 4) is 5.75 Å². The normalized spacial score (nSPS) is 25.4. The molecule has 0 spiro atoms. The molecule has 0 saturated heterocycles. The maximum Gasteiger partial charge on any atom is 0.119 e. The summed E-state index contributed by atoms with van der Waals surface area (Å²) >= 11 is 0. The van der Waals surface area contributed by atoms with Gasteiger partial charge in [-0.3, -0.25) is 0 Å². The van der Waals surface area contributed by atoms with E-state index in [-0.39, 0.29) is 0 Å². The predicted octanol–water partition coefficient (Wildman–Crippen LogP) is 3.38. The molecule has 0 heterocycles. The molecule has 17 heavy (non-hydrogen) atoms. The highest BCUT2D eigenvalue weighted by molar-refractivity contribution is 5.37. The van der Waals surface area contributed by atoms with E-state index in [1.165, 1.54) is 36.8 Å². The summed E-state index contributed by atoms with van der Waals surface area (Å²) in [5.41, 5.74) is 9.05. The first-order chi connectivity index (χ1) is 8.22. The highest BCUT2D eigenvalue weighted by Gasteiger charge is 2.23. The second-order valence-corrected chi connectivity index (χ2v) is 5.13. The van der Waals surface area contributed by atoms with Gasteiger partial charge in [0.25, 0.3) is 0 Å². The number of ether oxygens (including phenoxy) is 1. The quantitative estimate of drug-likeness (QED) is 0.795. The minimum Gasteiger partial charge on any atom is -0.497 e. The maximum absolute atomic E-state index is 6.32. The summed E-state index contributed by atoms with van der Waals surface area (Å²) in [6.45, 7) is 2.16. The minimum atomic E-state index is 0.324. The van der Waals surface area contributed by atoms with Gasteiger partial charge in [0.2, 0.25) is 0 Å². The third kappa shape index (κ3) is 2.81. The van der Waals surface area contributed by atoms with Crippen molar-refractivity contribution in [2.75, 3.05) is 7.11 Å². The van der Waals surface area contributed by atoms with Crippen LogP contribution in [-0.4, -0.2) is 13.2 Å². The maximum atomic E-state index is 6.32. The average molecular weight is 233 g/mol. The number of methoxy groups -OCH3 is 1. The lowest BCUT2D eigenvalue weighted by Crippen LogP contribution is -2.27. The van der Waals surface area contributed by atoms with E-state index in [0.29, 0.717) is 12.0 Å². The second kappa shape index (κ2) is 5.54. The Morgan fingerprint density at radius 2 is 1.94 bits per heavy atom. The van der Waals surface area contributed by atoms with Crippen molar-refractivity contribution < 1.29 is 4.74 Å². The first-order valence-electron chi connectivity index (χ1n) is 6.62. The van der Waals surface area contributed by atoms with Gasteiger partial charge in [-0.15, -0.1) is 0 Å². The standard InChI is InChI=1S/C15H23NO/c1-11-10-12(17-2)8-9-13(11)14-6-4-3-5-7-15(14)16/h8-10,14-15H,3-7,16H2,1-2H3. The molecule has 1 aromatic rings. The van der Waals surface area contributed by atoms with Crippen molar-refractivity contribution in [2.45, 2.75) is 51.0 Å². The summed E-state index contributed by atoms with van der Waals surface area (Å²) in [6.07, 6.45) is 6.32. The first kappa shape index (κ1) is 12.4. The van der Waals surface area contributed by atoms with E-state index in [4.69, 9.17) is 10.5 Å². The van der Waals surface area contributed by atoms with Gasteiger partial charge in [0, 0.05) is 6.04 Å². The highest BCUT2D eigenvalue weighted by Crippen LogP contribution is 2.33. The zero-order valence-corrected chi connectivity index (χ0v) is 10.9. The fraction of sp³-hybridized carbons (Fsp3) is 0.600. The van der Waals surface area contributed by atoms with Gasteiger partial charge < -0.3 is 10.5 Å². The van der Waals surface area contributed by atoms with E-state index >= 15 is 0 Å². The van der Waals surface area contributed by atoms with Crippen LogP contribution in [0.2, 0.25) is 0 Å². The van der Waals surface area contributed by atoms with Crippen molar-refractivity contribution in [1.82, 2.24) is 0 Å². The molecule has 2 heteroatoms. The molecule has 2 unspecified atom stereocenters. The summed E-state index contributed by atoms with van der Waals surface area (Å²) in [4.78, 5) is 0. The van der Waals surface area contributed by atoms with E-state index in [0.717, 1.165) is 12.2 Å². The molecule has 0 aromatic heterocycles. The molecule has 2 N–H and O–H groups in total. The van der Waals surface area contributed by atoms with Gasteiger partial charge in [0.05, 0.1) is 7.11 Å². The zero-order valence-electron chi connectivity index (χ0n) is 10.9. The molecule has 94 valence electrons. The molecule has 0 radical (unpaired) electrons. The van der Waals surface area contributed by atoms with Crippen LogP contribution in [0.5, 0.6) is 5.75 Å². The van der Waals surface area contributed by atoms with Gasteiger partial charge in [-0.2, -0.15) is 0 Å². The highest BCUT2D eigenvalue weighted by atomic mass is 16.5. The lowest BCUT2D eigenvalue weighted by atomic mass is 9.85. The summed E-state index contributed by atoms with van der Waals surface area (Å²) in [6, 6.07) is 6.70.